The molecule has 4 aromatic rings. The second kappa shape index (κ2) is 12.3. The summed E-state index contributed by atoms with van der Waals surface area (Å²) in [5.41, 5.74) is 3.90. The van der Waals surface area contributed by atoms with Crippen molar-refractivity contribution in [3.63, 3.8) is 0 Å². The van der Waals surface area contributed by atoms with Crippen molar-refractivity contribution < 1.29 is 23.5 Å². The average molecular weight is 626 g/mol. The smallest absolute Gasteiger partial charge is 0.410 e. The number of likely N-dealkylation sites (tertiary alicyclic amines) is 2. The number of aromatic amines is 1. The Hall–Kier alpha value is -4.60. The molecule has 4 heterocycles. The number of nitrogens with zero attached hydrogens (tertiary/aromatic N) is 4. The molecule has 2 aliphatic rings. The highest BCUT2D eigenvalue weighted by atomic mass is 16.6. The standard InChI is InChI=1S/C36H43N5O5/c1-35(2,3)45-33(42)40-19-7-9-28(40)31-37-21-27(39-31)25-15-11-23(12-16-25)24-13-17-26(18-14-24)30-22-38-32(44-30)29-10-8-20-41(29)34(43)46-36(4,5)6/h11-18,21-22,28-29H,7-10,19-20H2,1-6H3,(H,37,39). The number of amides is 2. The van der Waals surface area contributed by atoms with Crippen molar-refractivity contribution in [1.82, 2.24) is 24.8 Å². The van der Waals surface area contributed by atoms with Gasteiger partial charge in [-0.3, -0.25) is 9.80 Å². The number of imidazole rings is 1. The Labute approximate surface area is 270 Å². The third-order valence-corrected chi connectivity index (χ3v) is 8.18. The fraction of sp³-hybridized carbons (Fsp3) is 0.444. The van der Waals surface area contributed by atoms with Crippen LogP contribution in [0.3, 0.4) is 0 Å². The zero-order valence-electron chi connectivity index (χ0n) is 27.5. The number of oxazole rings is 1. The predicted octanol–water partition coefficient (Wildman–Crippen LogP) is 8.54. The SMILES string of the molecule is CC(C)(C)OC(=O)N1CCCC1c1ncc(-c2ccc(-c3ccc(-c4cnc(C5CCCN5C(=O)OC(C)(C)C)o4)cc3)cc2)[nH]1. The zero-order valence-corrected chi connectivity index (χ0v) is 27.5. The van der Waals surface area contributed by atoms with Gasteiger partial charge >= 0.3 is 12.2 Å². The van der Waals surface area contributed by atoms with Crippen LogP contribution in [0.15, 0.2) is 65.3 Å². The Morgan fingerprint density at radius 1 is 0.717 bits per heavy atom. The van der Waals surface area contributed by atoms with Crippen molar-refractivity contribution in [2.24, 2.45) is 0 Å². The maximum Gasteiger partial charge on any atom is 0.410 e. The van der Waals surface area contributed by atoms with E-state index in [9.17, 15) is 9.59 Å². The lowest BCUT2D eigenvalue weighted by molar-refractivity contribution is 0.0199. The topological polar surface area (TPSA) is 114 Å². The molecule has 2 aliphatic heterocycles. The molecule has 2 saturated heterocycles. The van der Waals surface area contributed by atoms with Crippen LogP contribution in [-0.2, 0) is 9.47 Å². The highest BCUT2D eigenvalue weighted by molar-refractivity contribution is 5.72. The first-order valence-corrected chi connectivity index (χ1v) is 16.1. The summed E-state index contributed by atoms with van der Waals surface area (Å²) < 4.78 is 17.4. The molecular weight excluding hydrogens is 582 g/mol. The van der Waals surface area contributed by atoms with Gasteiger partial charge < -0.3 is 18.9 Å². The molecule has 0 aliphatic carbocycles. The number of hydrogen-bond donors (Lipinski definition) is 1. The van der Waals surface area contributed by atoms with E-state index in [0.717, 1.165) is 59.5 Å². The average Bonchev–Trinajstić information content (AvgIpc) is 3.82. The van der Waals surface area contributed by atoms with Crippen LogP contribution in [0.2, 0.25) is 0 Å². The molecule has 2 atom stereocenters. The lowest BCUT2D eigenvalue weighted by Gasteiger charge is -2.27. The summed E-state index contributed by atoms with van der Waals surface area (Å²) >= 11 is 0. The molecule has 2 aromatic carbocycles. The maximum atomic E-state index is 12.8. The van der Waals surface area contributed by atoms with Crippen LogP contribution >= 0.6 is 0 Å². The van der Waals surface area contributed by atoms with Crippen LogP contribution in [-0.4, -0.2) is 61.2 Å². The Bertz CT molecular complexity index is 1550. The van der Waals surface area contributed by atoms with Gasteiger partial charge in [-0.1, -0.05) is 48.5 Å². The molecule has 46 heavy (non-hydrogen) atoms. The number of nitrogens with one attached hydrogen (secondary N) is 1. The number of hydrogen-bond acceptors (Lipinski definition) is 7. The van der Waals surface area contributed by atoms with Crippen molar-refractivity contribution >= 4 is 12.2 Å². The first-order chi connectivity index (χ1) is 21.8. The lowest BCUT2D eigenvalue weighted by atomic mass is 10.0. The summed E-state index contributed by atoms with van der Waals surface area (Å²) in [6.07, 6.45) is 6.35. The van der Waals surface area contributed by atoms with Gasteiger partial charge in [0.05, 0.1) is 24.1 Å². The minimum Gasteiger partial charge on any atom is -0.444 e. The monoisotopic (exact) mass is 625 g/mol. The van der Waals surface area contributed by atoms with Crippen molar-refractivity contribution in [1.29, 1.82) is 0 Å². The number of H-pyrrole nitrogens is 1. The molecule has 0 saturated carbocycles. The summed E-state index contributed by atoms with van der Waals surface area (Å²) in [4.78, 5) is 41.6. The highest BCUT2D eigenvalue weighted by Gasteiger charge is 2.37. The van der Waals surface area contributed by atoms with Crippen molar-refractivity contribution in [2.75, 3.05) is 13.1 Å². The van der Waals surface area contributed by atoms with Crippen molar-refractivity contribution in [3.8, 4) is 33.7 Å². The van der Waals surface area contributed by atoms with E-state index in [1.807, 2.05) is 59.9 Å². The van der Waals surface area contributed by atoms with Crippen LogP contribution in [0, 0.1) is 0 Å². The molecule has 6 rings (SSSR count). The molecule has 2 unspecified atom stereocenters. The molecule has 0 radical (unpaired) electrons. The summed E-state index contributed by atoms with van der Waals surface area (Å²) in [5.74, 6) is 1.97. The Balaban J connectivity index is 1.11. The van der Waals surface area contributed by atoms with Gasteiger partial charge in [0.1, 0.15) is 23.1 Å². The largest absolute Gasteiger partial charge is 0.444 e. The fourth-order valence-electron chi connectivity index (χ4n) is 6.05. The second-order valence-electron chi connectivity index (χ2n) is 14.1. The molecule has 242 valence electrons. The molecule has 1 N–H and O–H groups in total. The van der Waals surface area contributed by atoms with E-state index >= 15 is 0 Å². The maximum absolute atomic E-state index is 12.8. The fourth-order valence-corrected chi connectivity index (χ4v) is 6.05. The summed E-state index contributed by atoms with van der Waals surface area (Å²) in [6, 6.07) is 16.1. The van der Waals surface area contributed by atoms with E-state index in [-0.39, 0.29) is 24.3 Å². The quantitative estimate of drug-likeness (QED) is 0.236. The number of ether oxygens (including phenoxy) is 2. The second-order valence-corrected chi connectivity index (χ2v) is 14.1. The molecule has 2 amide bonds. The van der Waals surface area contributed by atoms with E-state index in [4.69, 9.17) is 13.9 Å². The first kappa shape index (κ1) is 31.4. The van der Waals surface area contributed by atoms with E-state index in [2.05, 4.69) is 51.4 Å². The van der Waals surface area contributed by atoms with Crippen molar-refractivity contribution in [2.45, 2.75) is 90.5 Å². The Morgan fingerprint density at radius 2 is 1.22 bits per heavy atom. The highest BCUT2D eigenvalue weighted by Crippen LogP contribution is 2.36. The number of benzene rings is 2. The van der Waals surface area contributed by atoms with E-state index in [1.54, 1.807) is 16.0 Å². The van der Waals surface area contributed by atoms with Gasteiger partial charge in [-0.25, -0.2) is 19.6 Å². The van der Waals surface area contributed by atoms with E-state index in [0.29, 0.717) is 24.7 Å². The zero-order chi connectivity index (χ0) is 32.6. The summed E-state index contributed by atoms with van der Waals surface area (Å²) in [6.45, 7) is 12.5. The van der Waals surface area contributed by atoms with Crippen molar-refractivity contribution in [3.05, 3.63) is 72.6 Å². The summed E-state index contributed by atoms with van der Waals surface area (Å²) in [5, 5.41) is 0. The normalized spacial score (nSPS) is 18.7. The number of carbonyl (C=O) groups excluding carboxylic acids is 2. The third-order valence-electron chi connectivity index (χ3n) is 8.18. The lowest BCUT2D eigenvalue weighted by Crippen LogP contribution is -2.36. The van der Waals surface area contributed by atoms with Gasteiger partial charge in [-0.05, 0) is 83.9 Å². The number of carbonyl (C=O) groups is 2. The molecule has 10 nitrogen and oxygen atoms in total. The van der Waals surface area contributed by atoms with Gasteiger partial charge in [0.2, 0.25) is 5.89 Å². The first-order valence-electron chi connectivity index (χ1n) is 16.1. The molecule has 0 spiro atoms. The van der Waals surface area contributed by atoms with Crippen LogP contribution in [0.4, 0.5) is 9.59 Å². The minimum absolute atomic E-state index is 0.121. The number of rotatable bonds is 5. The van der Waals surface area contributed by atoms with Crippen LogP contribution in [0.5, 0.6) is 0 Å². The predicted molar refractivity (Wildman–Crippen MR) is 175 cm³/mol. The Kier molecular flexibility index (Phi) is 8.39. The van der Waals surface area contributed by atoms with Gasteiger partial charge in [-0.15, -0.1) is 0 Å². The van der Waals surface area contributed by atoms with Crippen LogP contribution in [0.1, 0.15) is 91.0 Å². The van der Waals surface area contributed by atoms with E-state index in [1.165, 1.54) is 0 Å². The Morgan fingerprint density at radius 3 is 1.78 bits per heavy atom. The molecule has 2 aromatic heterocycles. The molecule has 10 heteroatoms. The van der Waals surface area contributed by atoms with Gasteiger partial charge in [0, 0.05) is 18.7 Å². The van der Waals surface area contributed by atoms with Crippen LogP contribution in [0.25, 0.3) is 33.7 Å². The minimum atomic E-state index is -0.557. The van der Waals surface area contributed by atoms with Gasteiger partial charge in [0.25, 0.3) is 0 Å². The molecular formula is C36H43N5O5. The van der Waals surface area contributed by atoms with Crippen LogP contribution < -0.4 is 0 Å². The molecule has 2 fully saturated rings. The van der Waals surface area contributed by atoms with Gasteiger partial charge in [-0.2, -0.15) is 0 Å². The van der Waals surface area contributed by atoms with Gasteiger partial charge in [0.15, 0.2) is 5.76 Å². The summed E-state index contributed by atoms with van der Waals surface area (Å²) in [7, 11) is 0. The molecule has 0 bridgehead atoms. The number of aromatic nitrogens is 3. The van der Waals surface area contributed by atoms with E-state index < -0.39 is 11.2 Å². The third kappa shape index (κ3) is 6.95.